The molecule has 784 valence electrons. The van der Waals surface area contributed by atoms with Crippen molar-refractivity contribution in [2.75, 3.05) is 194 Å². The third kappa shape index (κ3) is 36.7. The van der Waals surface area contributed by atoms with Crippen LogP contribution in [0.5, 0.6) is 40.2 Å². The number of ether oxygens (including phenoxy) is 7. The number of rotatable bonds is 35. The fourth-order valence-electron chi connectivity index (χ4n) is 13.8. The van der Waals surface area contributed by atoms with Crippen LogP contribution in [0, 0.1) is 0 Å². The van der Waals surface area contributed by atoms with E-state index in [-0.39, 0.29) is 61.4 Å². The van der Waals surface area contributed by atoms with Crippen LogP contribution < -0.4 is 33.2 Å². The minimum absolute atomic E-state index is 0.0174. The van der Waals surface area contributed by atoms with Crippen LogP contribution in [-0.4, -0.2) is 303 Å². The molecule has 21 nitrogen and oxygen atoms in total. The molecule has 0 saturated heterocycles. The highest BCUT2D eigenvalue weighted by molar-refractivity contribution is 5.38. The lowest BCUT2D eigenvalue weighted by atomic mass is 9.72. The SMILES string of the molecule is [2H]C(CN(C)C)(c1ccc(OC)cc1)C1(O)C([2H])([2H])C([2H])([2H])C([2H])([2H])C([2H])([2H])C1([2H])[2H].[2H]C([2H])(C(c1ccc(OC)cc1)C1(O)C([2H])([2H])C([2H])([2H])C([2H])([2H])C([2H])([2H])C1([2H])[2H])N(C)C.[2H]C([2H])([2H])N(C([2H])([2H])[2H])C([2H])([2H])C(c1ccc(OC)cc1)C1(O)C([2H])([2H])C([2H])([2H])C([2H])([2H])C([2H])([2H])C1([2H])[2H].[2H]C([2H])([2H])N(C)C([2H])([2H])C(c1ccc(OC)cc1)C1(O)C([2H])([2H])C([2H])([2H])C([2H])([2H])C([2H])([2H])C1([2H])[2H].[2H]C([2H])([2H])N(C)CC(c1ccc(OC)cc1)C1(O)C([2H])([2H])C([2H])([2H])C([2H])([2H])C([2H])([2H])C1([2H])[2H].[2H]C([2H])([2H])N(CC(c1ccc(OC)cc1)C1(O)C([2H])([2H])C([2H])([2H])C([2H])([2H])C([2H])([2H])C1([2H])[2H])C([2H])([2H])[2H].[2H]C1([2H])C([2H])([2H])C([2H])([2H])C(O)(C(CN(C)C)c2ccc(OC)cc2)C([2H])([2H])C1([2H])[2H]. The summed E-state index contributed by atoms with van der Waals surface area (Å²) < 4.78 is 810. The summed E-state index contributed by atoms with van der Waals surface area (Å²) in [5.74, 6) is -13.9. The molecule has 0 radical (unpaired) electrons. The number of hydrogen-bond donors (Lipinski definition) is 7. The third-order valence-electron chi connectivity index (χ3n) is 20.8. The van der Waals surface area contributed by atoms with E-state index in [9.17, 15) is 35.7 Å². The molecule has 7 aliphatic carbocycles. The maximum absolute atomic E-state index is 11.9. The molecule has 7 fully saturated rings. The predicted octanol–water partition coefficient (Wildman–Crippen LogP) is 21.2. The van der Waals surface area contributed by atoms with Gasteiger partial charge in [-0.25, -0.2) is 0 Å². The van der Waals surface area contributed by atoms with E-state index in [4.69, 9.17) is 163 Å². The van der Waals surface area contributed by atoms with Crippen molar-refractivity contribution < 1.29 is 199 Å². The summed E-state index contributed by atoms with van der Waals surface area (Å²) in [6.45, 7) is -33.2. The summed E-state index contributed by atoms with van der Waals surface area (Å²) in [5, 5.41) is 82.5. The molecule has 7 unspecified atom stereocenters. The number of hydrogen-bond acceptors (Lipinski definition) is 21. The Labute approximate surface area is 980 Å². The van der Waals surface area contributed by atoms with Crippen LogP contribution in [0.4, 0.5) is 0 Å². The number of benzene rings is 7. The molecule has 14 rings (SSSR count). The molecule has 0 heterocycles. The highest BCUT2D eigenvalue weighted by atomic mass is 16.5. The Morgan fingerprint density at radius 1 is 0.221 bits per heavy atom. The van der Waals surface area contributed by atoms with Gasteiger partial charge in [0, 0.05) is 217 Å². The highest BCUT2D eigenvalue weighted by Crippen LogP contribution is 2.49. The van der Waals surface area contributed by atoms with E-state index < -0.39 is 401 Å². The van der Waals surface area contributed by atoms with Crippen molar-refractivity contribution in [1.29, 1.82) is 0 Å². The molecule has 7 aliphatic rings. The predicted molar refractivity (Wildman–Crippen MR) is 576 cm³/mol. The average Bonchev–Trinajstić information content (AvgIpc) is 0.647. The van der Waals surface area contributed by atoms with Crippen LogP contribution in [0.25, 0.3) is 0 Å². The molecule has 0 aliphatic heterocycles. The van der Waals surface area contributed by atoms with E-state index in [1.54, 1.807) is 14.1 Å². The van der Waals surface area contributed by atoms with Gasteiger partial charge in [0.1, 0.15) is 40.2 Å². The van der Waals surface area contributed by atoms with Crippen LogP contribution >= 0.6 is 0 Å². The second-order valence-electron chi connectivity index (χ2n) is 31.7. The molecule has 7 N–H and O–H groups in total. The topological polar surface area (TPSA) is 229 Å². The largest absolute Gasteiger partial charge is 0.497 e. The standard InChI is InChI=1S/7C17H27NO2/c7*1-18(2)13-16(17(19)11-5-4-6-12-17)14-7-9-15(20-3)10-8-14/h7*7-10,16,19H,4-6,11-13H2,1-3H3/i1D3,2D3,4D2,5D2,6D2,11D2,12D2,13D2;1D3,4D2,5D2,6D2,11D2,12D2,13D2;1D3,2D3,4D2,5D2,6D2,11D2,12D2;4D2,5D2,6D2,11D2,12D2,16D;4D2,5D2,6D2,11D2,12D2,13D2;1D3,4D2,5D2,6D2,11D2,12D2;4D2,5D2,6D2,11D2,12D2. The van der Waals surface area contributed by atoms with E-state index in [1.807, 2.05) is 0 Å². The Balaban J connectivity index is 0.000000323. The first-order valence-electron chi connectivity index (χ1n) is 89.9. The quantitative estimate of drug-likeness (QED) is 0.0196. The molecule has 0 aromatic heterocycles. The van der Waals surface area contributed by atoms with Gasteiger partial charge in [0.15, 0.2) is 0 Å². The van der Waals surface area contributed by atoms with E-state index in [2.05, 4.69) is 0 Å². The van der Waals surface area contributed by atoms with Crippen molar-refractivity contribution in [3.63, 3.8) is 0 Å². The Morgan fingerprint density at radius 3 is 0.593 bits per heavy atom. The van der Waals surface area contributed by atoms with Crippen molar-refractivity contribution in [1.82, 2.24) is 34.3 Å². The fourth-order valence-corrected chi connectivity index (χ4v) is 13.8. The van der Waals surface area contributed by atoms with Crippen molar-refractivity contribution >= 4 is 0 Å². The third-order valence-corrected chi connectivity index (χ3v) is 20.8. The minimum Gasteiger partial charge on any atom is -0.497 e. The van der Waals surface area contributed by atoms with Crippen LogP contribution in [0.2, 0.25) is 0 Å². The van der Waals surface area contributed by atoms with Gasteiger partial charge in [-0.05, 0) is 311 Å². The van der Waals surface area contributed by atoms with Crippen molar-refractivity contribution in [2.45, 2.75) is 304 Å². The molecule has 140 heavy (non-hydrogen) atoms. The molecule has 0 spiro atoms. The number of aliphatic hydroxyl groups is 7. The second kappa shape index (κ2) is 58.7. The number of methoxy groups -OCH3 is 7. The lowest BCUT2D eigenvalue weighted by molar-refractivity contribution is -0.0280. The van der Waals surface area contributed by atoms with Gasteiger partial charge < -0.3 is 103 Å². The molecule has 0 bridgehead atoms. The zero-order valence-electron chi connectivity index (χ0n) is 175. The first kappa shape index (κ1) is 41.7. The highest BCUT2D eigenvalue weighted by Gasteiger charge is 2.46. The van der Waals surface area contributed by atoms with Gasteiger partial charge >= 0.3 is 0 Å². The Morgan fingerprint density at radius 2 is 0.393 bits per heavy atom. The summed E-state index contributed by atoms with van der Waals surface area (Å²) in [6.07, 6.45) is -133. The van der Waals surface area contributed by atoms with Crippen LogP contribution in [0.15, 0.2) is 170 Å². The number of likely N-dealkylation sites (N-methyl/N-ethyl adjacent to an activating group) is 7. The summed E-state index contributed by atoms with van der Waals surface area (Å²) in [5.41, 5.74) is -27.7. The van der Waals surface area contributed by atoms with Gasteiger partial charge in [-0.2, -0.15) is 0 Å². The minimum atomic E-state index is -4.27. The molecule has 7 aromatic carbocycles. The van der Waals surface area contributed by atoms with E-state index >= 15 is 0 Å². The van der Waals surface area contributed by atoms with Gasteiger partial charge in [-0.15, -0.1) is 0 Å². The normalized spacial score (nSPS) is 43.6. The van der Waals surface area contributed by atoms with Crippen LogP contribution in [0.1, 0.15) is 434 Å². The van der Waals surface area contributed by atoms with Crippen LogP contribution in [-0.2, 0) is 0 Å². The smallest absolute Gasteiger partial charge is 0.118 e. The maximum atomic E-state index is 11.9. The van der Waals surface area contributed by atoms with Gasteiger partial charge in [-0.3, -0.25) is 0 Å². The Bertz CT molecular complexity index is 8900. The average molecular weight is 2040 g/mol. The van der Waals surface area contributed by atoms with Gasteiger partial charge in [-0.1, -0.05) is 219 Å². The lowest BCUT2D eigenvalue weighted by Crippen LogP contribution is -2.42. The zero-order valence-corrected chi connectivity index (χ0v) is 79.6. The summed E-state index contributed by atoms with van der Waals surface area (Å²) >= 11 is 0. The first-order chi connectivity index (χ1) is 103. The van der Waals surface area contributed by atoms with E-state index in [0.29, 0.717) is 23.0 Å². The molecule has 0 amide bonds. The summed E-state index contributed by atoms with van der Waals surface area (Å²) in [6, 6.07) is 35.3. The van der Waals surface area contributed by atoms with Crippen molar-refractivity contribution in [3.05, 3.63) is 209 Å². The van der Waals surface area contributed by atoms with E-state index in [1.165, 1.54) is 209 Å². The Hall–Kier alpha value is -7.42. The molecule has 7 atom stereocenters. The summed E-state index contributed by atoms with van der Waals surface area (Å²) in [7, 11) is 19.9. The van der Waals surface area contributed by atoms with Gasteiger partial charge in [0.2, 0.25) is 0 Å². The molecule has 21 heteroatoms. The van der Waals surface area contributed by atoms with Crippen molar-refractivity contribution in [3.8, 4) is 40.2 Å². The maximum Gasteiger partial charge on any atom is 0.118 e. The summed E-state index contributed by atoms with van der Waals surface area (Å²) in [4.78, 5) is 3.88. The monoisotopic (exact) mass is 2040 g/mol. The molecular weight excluding hydrogens is 1750 g/mol. The van der Waals surface area contributed by atoms with Crippen LogP contribution in [0.3, 0.4) is 0 Å². The molecule has 7 aromatic rings. The number of nitrogens with zero attached hydrogens (tertiary/aromatic N) is 7. The fraction of sp³-hybridized carbons (Fsp3) is 0.647. The van der Waals surface area contributed by atoms with Gasteiger partial charge in [0.05, 0.1) is 89.0 Å². The molecule has 7 saturated carbocycles. The lowest BCUT2D eigenvalue weighted by Gasteiger charge is -2.40. The first-order valence-corrected chi connectivity index (χ1v) is 42.4. The Kier molecular flexibility index (Phi) is 17.5. The van der Waals surface area contributed by atoms with E-state index in [0.717, 1.165) is 72.4 Å². The molecular formula is C119H189N7O14. The zero-order chi connectivity index (χ0) is 186. The van der Waals surface area contributed by atoms with Crippen molar-refractivity contribution in [2.24, 2.45) is 0 Å². The second-order valence-corrected chi connectivity index (χ2v) is 31.7. The van der Waals surface area contributed by atoms with Gasteiger partial charge in [0.25, 0.3) is 0 Å².